The van der Waals surface area contributed by atoms with Crippen LogP contribution in [0.5, 0.6) is 0 Å². The SMILES string of the molecule is FC(F)(F)c1ccnc(N2CCC[C@H]2Cn2cccn2)n1. The predicted molar refractivity (Wildman–Crippen MR) is 69.6 cm³/mol. The summed E-state index contributed by atoms with van der Waals surface area (Å²) >= 11 is 0. The molecular weight excluding hydrogens is 283 g/mol. The summed E-state index contributed by atoms with van der Waals surface area (Å²) in [5.74, 6) is 0.138. The van der Waals surface area contributed by atoms with E-state index in [0.29, 0.717) is 13.1 Å². The molecule has 0 saturated carbocycles. The Morgan fingerprint density at radius 3 is 2.86 bits per heavy atom. The first-order valence-corrected chi connectivity index (χ1v) is 6.68. The van der Waals surface area contributed by atoms with E-state index in [1.165, 1.54) is 0 Å². The molecule has 0 spiro atoms. The van der Waals surface area contributed by atoms with E-state index in [9.17, 15) is 13.2 Å². The minimum Gasteiger partial charge on any atom is -0.336 e. The van der Waals surface area contributed by atoms with Crippen LogP contribution in [0.3, 0.4) is 0 Å². The number of rotatable bonds is 3. The standard InChI is InChI=1S/C13H14F3N5/c14-13(15,16)11-4-6-17-12(19-11)21-8-1-3-10(21)9-20-7-2-5-18-20/h2,4-7,10H,1,3,8-9H2/t10-/m0/s1. The number of halogens is 3. The number of hydrogen-bond acceptors (Lipinski definition) is 4. The summed E-state index contributed by atoms with van der Waals surface area (Å²) in [5, 5.41) is 4.13. The number of aromatic nitrogens is 4. The molecule has 3 heterocycles. The molecule has 1 atom stereocenters. The lowest BCUT2D eigenvalue weighted by Crippen LogP contribution is -2.34. The number of anilines is 1. The molecule has 1 fully saturated rings. The van der Waals surface area contributed by atoms with Crippen LogP contribution in [0.4, 0.5) is 19.1 Å². The van der Waals surface area contributed by atoms with Gasteiger partial charge in [-0.2, -0.15) is 18.3 Å². The molecule has 0 aliphatic carbocycles. The minimum atomic E-state index is -4.45. The minimum absolute atomic E-state index is 0.0633. The van der Waals surface area contributed by atoms with Gasteiger partial charge >= 0.3 is 6.18 Å². The summed E-state index contributed by atoms with van der Waals surface area (Å²) in [6.07, 6.45) is 2.03. The average Bonchev–Trinajstić information content (AvgIpc) is 3.10. The van der Waals surface area contributed by atoms with E-state index in [2.05, 4.69) is 15.1 Å². The molecule has 2 aromatic rings. The normalized spacial score (nSPS) is 19.2. The van der Waals surface area contributed by atoms with Crippen molar-refractivity contribution >= 4 is 5.95 Å². The molecule has 0 bridgehead atoms. The Balaban J connectivity index is 1.82. The van der Waals surface area contributed by atoms with E-state index >= 15 is 0 Å². The van der Waals surface area contributed by atoms with Crippen molar-refractivity contribution in [3.8, 4) is 0 Å². The molecular formula is C13H14F3N5. The highest BCUT2D eigenvalue weighted by Gasteiger charge is 2.34. The highest BCUT2D eigenvalue weighted by atomic mass is 19.4. The second-order valence-corrected chi connectivity index (χ2v) is 4.96. The van der Waals surface area contributed by atoms with Gasteiger partial charge in [0.15, 0.2) is 0 Å². The molecule has 5 nitrogen and oxygen atoms in total. The molecule has 0 unspecified atom stereocenters. The van der Waals surface area contributed by atoms with Gasteiger partial charge in [0, 0.05) is 25.1 Å². The van der Waals surface area contributed by atoms with Crippen molar-refractivity contribution in [2.75, 3.05) is 11.4 Å². The molecule has 1 aliphatic heterocycles. The van der Waals surface area contributed by atoms with Crippen LogP contribution >= 0.6 is 0 Å². The summed E-state index contributed by atoms with van der Waals surface area (Å²) in [6, 6.07) is 2.77. The van der Waals surface area contributed by atoms with E-state index in [1.54, 1.807) is 10.9 Å². The van der Waals surface area contributed by atoms with E-state index in [-0.39, 0.29) is 12.0 Å². The van der Waals surface area contributed by atoms with Gasteiger partial charge in [-0.25, -0.2) is 9.97 Å². The van der Waals surface area contributed by atoms with Crippen molar-refractivity contribution in [1.29, 1.82) is 0 Å². The number of alkyl halides is 3. The Labute approximate surface area is 119 Å². The molecule has 112 valence electrons. The van der Waals surface area contributed by atoms with Gasteiger partial charge in [0.2, 0.25) is 5.95 Å². The Hall–Kier alpha value is -2.12. The zero-order valence-electron chi connectivity index (χ0n) is 11.2. The molecule has 0 amide bonds. The zero-order valence-corrected chi connectivity index (χ0v) is 11.2. The Morgan fingerprint density at radius 2 is 2.14 bits per heavy atom. The van der Waals surface area contributed by atoms with Crippen molar-refractivity contribution in [1.82, 2.24) is 19.7 Å². The lowest BCUT2D eigenvalue weighted by Gasteiger charge is -2.25. The third-order valence-corrected chi connectivity index (χ3v) is 3.52. The molecule has 2 aromatic heterocycles. The molecule has 21 heavy (non-hydrogen) atoms. The predicted octanol–water partition coefficient (Wildman–Crippen LogP) is 2.36. The van der Waals surface area contributed by atoms with Gasteiger partial charge in [-0.05, 0) is 25.0 Å². The van der Waals surface area contributed by atoms with Crippen molar-refractivity contribution in [2.45, 2.75) is 31.6 Å². The molecule has 3 rings (SSSR count). The fourth-order valence-corrected chi connectivity index (χ4v) is 2.56. The van der Waals surface area contributed by atoms with Gasteiger partial charge < -0.3 is 4.90 Å². The largest absolute Gasteiger partial charge is 0.433 e. The highest BCUT2D eigenvalue weighted by molar-refractivity contribution is 5.34. The van der Waals surface area contributed by atoms with Crippen LogP contribution in [-0.4, -0.2) is 32.3 Å². The summed E-state index contributed by atoms with van der Waals surface area (Å²) < 4.78 is 40.0. The van der Waals surface area contributed by atoms with Crippen LogP contribution in [-0.2, 0) is 12.7 Å². The summed E-state index contributed by atoms with van der Waals surface area (Å²) in [4.78, 5) is 9.50. The first-order chi connectivity index (χ1) is 10.0. The van der Waals surface area contributed by atoms with Crippen molar-refractivity contribution in [2.24, 2.45) is 0 Å². The Morgan fingerprint density at radius 1 is 1.29 bits per heavy atom. The average molecular weight is 297 g/mol. The lowest BCUT2D eigenvalue weighted by atomic mass is 10.2. The second-order valence-electron chi connectivity index (χ2n) is 4.96. The van der Waals surface area contributed by atoms with E-state index in [0.717, 1.165) is 25.1 Å². The van der Waals surface area contributed by atoms with Crippen LogP contribution in [0.2, 0.25) is 0 Å². The Bertz CT molecular complexity index is 596. The quantitative estimate of drug-likeness (QED) is 0.872. The van der Waals surface area contributed by atoms with Crippen LogP contribution in [0.1, 0.15) is 18.5 Å². The first-order valence-electron chi connectivity index (χ1n) is 6.68. The van der Waals surface area contributed by atoms with Gasteiger partial charge in [0.1, 0.15) is 5.69 Å². The lowest BCUT2D eigenvalue weighted by molar-refractivity contribution is -0.141. The van der Waals surface area contributed by atoms with Crippen molar-refractivity contribution < 1.29 is 13.2 Å². The summed E-state index contributed by atoms with van der Waals surface area (Å²) in [7, 11) is 0. The molecule has 0 N–H and O–H groups in total. The molecule has 1 aliphatic rings. The summed E-state index contributed by atoms with van der Waals surface area (Å²) in [5.41, 5.74) is -0.905. The van der Waals surface area contributed by atoms with E-state index in [1.807, 2.05) is 17.2 Å². The van der Waals surface area contributed by atoms with Crippen molar-refractivity contribution in [3.63, 3.8) is 0 Å². The smallest absolute Gasteiger partial charge is 0.336 e. The molecule has 0 aromatic carbocycles. The molecule has 1 saturated heterocycles. The maximum atomic E-state index is 12.7. The number of nitrogens with zero attached hydrogens (tertiary/aromatic N) is 5. The zero-order chi connectivity index (χ0) is 14.9. The maximum Gasteiger partial charge on any atom is 0.433 e. The fourth-order valence-electron chi connectivity index (χ4n) is 2.56. The van der Waals surface area contributed by atoms with Crippen LogP contribution in [0.25, 0.3) is 0 Å². The van der Waals surface area contributed by atoms with E-state index in [4.69, 9.17) is 0 Å². The third-order valence-electron chi connectivity index (χ3n) is 3.52. The first kappa shape index (κ1) is 13.8. The van der Waals surface area contributed by atoms with Gasteiger partial charge in [-0.3, -0.25) is 4.68 Å². The van der Waals surface area contributed by atoms with E-state index < -0.39 is 11.9 Å². The second kappa shape index (κ2) is 5.34. The monoisotopic (exact) mass is 297 g/mol. The van der Waals surface area contributed by atoms with Crippen LogP contribution < -0.4 is 4.90 Å². The number of hydrogen-bond donors (Lipinski definition) is 0. The fraction of sp³-hybridized carbons (Fsp3) is 0.462. The van der Waals surface area contributed by atoms with Crippen molar-refractivity contribution in [3.05, 3.63) is 36.4 Å². The van der Waals surface area contributed by atoms with Gasteiger partial charge in [0.05, 0.1) is 12.6 Å². The van der Waals surface area contributed by atoms with Gasteiger partial charge in [-0.15, -0.1) is 0 Å². The van der Waals surface area contributed by atoms with Gasteiger partial charge in [-0.1, -0.05) is 0 Å². The summed E-state index contributed by atoms with van der Waals surface area (Å²) in [6.45, 7) is 1.28. The molecule has 0 radical (unpaired) electrons. The van der Waals surface area contributed by atoms with Gasteiger partial charge in [0.25, 0.3) is 0 Å². The van der Waals surface area contributed by atoms with Crippen LogP contribution in [0, 0.1) is 0 Å². The topological polar surface area (TPSA) is 46.8 Å². The highest BCUT2D eigenvalue weighted by Crippen LogP contribution is 2.30. The maximum absolute atomic E-state index is 12.7. The van der Waals surface area contributed by atoms with Crippen LogP contribution in [0.15, 0.2) is 30.7 Å². The molecule has 8 heteroatoms. The third kappa shape index (κ3) is 2.98. The Kier molecular flexibility index (Phi) is 3.52.